The van der Waals surface area contributed by atoms with E-state index in [0.717, 1.165) is 36.7 Å². The predicted molar refractivity (Wildman–Crippen MR) is 90.2 cm³/mol. The van der Waals surface area contributed by atoms with E-state index in [9.17, 15) is 0 Å². The molecule has 3 rings (SSSR count). The van der Waals surface area contributed by atoms with Gasteiger partial charge in [-0.15, -0.1) is 0 Å². The van der Waals surface area contributed by atoms with Gasteiger partial charge in [-0.2, -0.15) is 0 Å². The minimum absolute atomic E-state index is 0.684. The van der Waals surface area contributed by atoms with Gasteiger partial charge in [-0.05, 0) is 38.3 Å². The number of aryl methyl sites for hydroxylation is 1. The summed E-state index contributed by atoms with van der Waals surface area (Å²) >= 11 is 0. The van der Waals surface area contributed by atoms with E-state index in [1.54, 1.807) is 6.33 Å². The van der Waals surface area contributed by atoms with Crippen molar-refractivity contribution in [1.29, 1.82) is 0 Å². The number of benzene rings is 1. The average Bonchev–Trinajstić information content (AvgIpc) is 3.01. The second kappa shape index (κ2) is 6.88. The predicted octanol–water partition coefficient (Wildman–Crippen LogP) is 2.99. The van der Waals surface area contributed by atoms with Gasteiger partial charge in [-0.3, -0.25) is 0 Å². The van der Waals surface area contributed by atoms with Crippen LogP contribution in [0, 0.1) is 13.8 Å². The van der Waals surface area contributed by atoms with Crippen molar-refractivity contribution in [1.82, 2.24) is 14.9 Å². The number of hydrogen-bond acceptors (Lipinski definition) is 4. The smallest absolute Gasteiger partial charge is 0.132 e. The van der Waals surface area contributed by atoms with Gasteiger partial charge in [0.15, 0.2) is 0 Å². The van der Waals surface area contributed by atoms with Gasteiger partial charge in [0.1, 0.15) is 12.1 Å². The number of nitrogens with zero attached hydrogens (tertiary/aromatic N) is 3. The quantitative estimate of drug-likeness (QED) is 0.921. The Morgan fingerprint density at radius 2 is 2.00 bits per heavy atom. The van der Waals surface area contributed by atoms with E-state index in [1.165, 1.54) is 18.5 Å². The molecule has 0 aliphatic carbocycles. The fourth-order valence-corrected chi connectivity index (χ4v) is 3.08. The highest BCUT2D eigenvalue weighted by Crippen LogP contribution is 2.26. The molecule has 0 amide bonds. The summed E-state index contributed by atoms with van der Waals surface area (Å²) in [6, 6.07) is 10.9. The molecule has 1 aromatic heterocycles. The molecule has 1 aromatic carbocycles. The molecule has 1 unspecified atom stereocenters. The van der Waals surface area contributed by atoms with Crippen molar-refractivity contribution in [2.45, 2.75) is 26.2 Å². The molecule has 4 heteroatoms. The maximum absolute atomic E-state index is 4.33. The number of anilines is 1. The summed E-state index contributed by atoms with van der Waals surface area (Å²) in [5, 5.41) is 3.44. The normalized spacial score (nSPS) is 18.5. The molecule has 4 nitrogen and oxygen atoms in total. The Balaban J connectivity index is 1.48. The van der Waals surface area contributed by atoms with E-state index >= 15 is 0 Å². The van der Waals surface area contributed by atoms with E-state index in [-0.39, 0.29) is 0 Å². The van der Waals surface area contributed by atoms with Gasteiger partial charge in [-0.25, -0.2) is 9.97 Å². The number of nitrogens with one attached hydrogen (secondary N) is 1. The molecule has 1 N–H and O–H groups in total. The zero-order valence-electron chi connectivity index (χ0n) is 13.4. The van der Waals surface area contributed by atoms with Crippen molar-refractivity contribution in [3.8, 4) is 0 Å². The molecule has 1 atom stereocenters. The van der Waals surface area contributed by atoms with Crippen LogP contribution >= 0.6 is 0 Å². The Bertz CT molecular complexity index is 612. The summed E-state index contributed by atoms with van der Waals surface area (Å²) in [4.78, 5) is 11.1. The van der Waals surface area contributed by atoms with Crippen molar-refractivity contribution in [3.63, 3.8) is 0 Å². The highest BCUT2D eigenvalue weighted by atomic mass is 15.2. The molecule has 2 aromatic rings. The maximum atomic E-state index is 4.33. The van der Waals surface area contributed by atoms with E-state index < -0.39 is 0 Å². The standard InChI is InChI=1S/C18H24N4/c1-14-15(2)20-13-21-18(14)19-9-11-22-10-8-17(12-22)16-6-4-3-5-7-16/h3-7,13,17H,8-12H2,1-2H3,(H,19,20,21). The van der Waals surface area contributed by atoms with Gasteiger partial charge in [0, 0.05) is 30.9 Å². The SMILES string of the molecule is Cc1ncnc(NCCN2CCC(c3ccccc3)C2)c1C. The number of hydrogen-bond donors (Lipinski definition) is 1. The third-order valence-corrected chi connectivity index (χ3v) is 4.60. The Labute approximate surface area is 132 Å². The first kappa shape index (κ1) is 15.0. The molecular weight excluding hydrogens is 272 g/mol. The first-order valence-electron chi connectivity index (χ1n) is 8.03. The topological polar surface area (TPSA) is 41.1 Å². The lowest BCUT2D eigenvalue weighted by atomic mass is 9.99. The van der Waals surface area contributed by atoms with Crippen LogP contribution in [0.15, 0.2) is 36.7 Å². The third kappa shape index (κ3) is 3.45. The van der Waals surface area contributed by atoms with Crippen LogP contribution in [0.3, 0.4) is 0 Å². The minimum Gasteiger partial charge on any atom is -0.368 e. The van der Waals surface area contributed by atoms with Gasteiger partial charge >= 0.3 is 0 Å². The van der Waals surface area contributed by atoms with Crippen LogP contribution in [0.1, 0.15) is 29.2 Å². The molecule has 22 heavy (non-hydrogen) atoms. The maximum Gasteiger partial charge on any atom is 0.132 e. The molecule has 1 aliphatic heterocycles. The lowest BCUT2D eigenvalue weighted by Gasteiger charge is -2.17. The second-order valence-corrected chi connectivity index (χ2v) is 6.06. The summed E-state index contributed by atoms with van der Waals surface area (Å²) in [6.45, 7) is 8.42. The number of aromatic nitrogens is 2. The van der Waals surface area contributed by atoms with Gasteiger partial charge < -0.3 is 10.2 Å². The van der Waals surface area contributed by atoms with Crippen molar-refractivity contribution in [2.24, 2.45) is 0 Å². The molecule has 0 spiro atoms. The van der Waals surface area contributed by atoms with Crippen LogP contribution in [-0.2, 0) is 0 Å². The zero-order chi connectivity index (χ0) is 15.4. The third-order valence-electron chi connectivity index (χ3n) is 4.60. The lowest BCUT2D eigenvalue weighted by molar-refractivity contribution is 0.348. The van der Waals surface area contributed by atoms with Crippen LogP contribution in [0.5, 0.6) is 0 Å². The molecular formula is C18H24N4. The summed E-state index contributed by atoms with van der Waals surface area (Å²) in [5.74, 6) is 1.65. The summed E-state index contributed by atoms with van der Waals surface area (Å²) in [7, 11) is 0. The van der Waals surface area contributed by atoms with Crippen LogP contribution in [0.25, 0.3) is 0 Å². The minimum atomic E-state index is 0.684. The molecule has 1 aliphatic rings. The molecule has 1 fully saturated rings. The lowest BCUT2D eigenvalue weighted by Crippen LogP contribution is -2.27. The summed E-state index contributed by atoms with van der Waals surface area (Å²) in [5.41, 5.74) is 3.66. The van der Waals surface area contributed by atoms with Gasteiger partial charge in [0.05, 0.1) is 0 Å². The first-order chi connectivity index (χ1) is 10.7. The van der Waals surface area contributed by atoms with Crippen LogP contribution in [0.4, 0.5) is 5.82 Å². The summed E-state index contributed by atoms with van der Waals surface area (Å²) < 4.78 is 0. The largest absolute Gasteiger partial charge is 0.368 e. The molecule has 0 saturated carbocycles. The molecule has 116 valence electrons. The van der Waals surface area contributed by atoms with Crippen LogP contribution in [0.2, 0.25) is 0 Å². The monoisotopic (exact) mass is 296 g/mol. The number of rotatable bonds is 5. The Kier molecular flexibility index (Phi) is 4.68. The van der Waals surface area contributed by atoms with Crippen LogP contribution < -0.4 is 5.32 Å². The highest BCUT2D eigenvalue weighted by Gasteiger charge is 2.23. The summed E-state index contributed by atoms with van der Waals surface area (Å²) in [6.07, 6.45) is 2.89. The Morgan fingerprint density at radius 3 is 2.82 bits per heavy atom. The molecule has 0 bridgehead atoms. The Morgan fingerprint density at radius 1 is 1.18 bits per heavy atom. The van der Waals surface area contributed by atoms with Crippen molar-refractivity contribution >= 4 is 5.82 Å². The second-order valence-electron chi connectivity index (χ2n) is 6.06. The van der Waals surface area contributed by atoms with Gasteiger partial charge in [-0.1, -0.05) is 30.3 Å². The van der Waals surface area contributed by atoms with Gasteiger partial charge in [0.25, 0.3) is 0 Å². The highest BCUT2D eigenvalue weighted by molar-refractivity contribution is 5.44. The number of likely N-dealkylation sites (tertiary alicyclic amines) is 1. The van der Waals surface area contributed by atoms with Crippen molar-refractivity contribution in [2.75, 3.05) is 31.5 Å². The first-order valence-corrected chi connectivity index (χ1v) is 8.03. The Hall–Kier alpha value is -1.94. The molecule has 0 radical (unpaired) electrons. The van der Waals surface area contributed by atoms with Gasteiger partial charge in [0.2, 0.25) is 0 Å². The fraction of sp³-hybridized carbons (Fsp3) is 0.444. The molecule has 1 saturated heterocycles. The zero-order valence-corrected chi connectivity index (χ0v) is 13.4. The average molecular weight is 296 g/mol. The fourth-order valence-electron chi connectivity index (χ4n) is 3.08. The van der Waals surface area contributed by atoms with Crippen molar-refractivity contribution in [3.05, 3.63) is 53.5 Å². The van der Waals surface area contributed by atoms with E-state index in [0.29, 0.717) is 5.92 Å². The van der Waals surface area contributed by atoms with E-state index in [4.69, 9.17) is 0 Å². The van der Waals surface area contributed by atoms with E-state index in [1.807, 2.05) is 6.92 Å². The van der Waals surface area contributed by atoms with Crippen molar-refractivity contribution < 1.29 is 0 Å². The molecule has 2 heterocycles. The van der Waals surface area contributed by atoms with E-state index in [2.05, 4.69) is 57.4 Å². The van der Waals surface area contributed by atoms with Crippen LogP contribution in [-0.4, -0.2) is 41.0 Å².